The lowest BCUT2D eigenvalue weighted by molar-refractivity contribution is 0.0602. The van der Waals surface area contributed by atoms with Gasteiger partial charge in [-0.1, -0.05) is 51.9 Å². The third kappa shape index (κ3) is 5.95. The topological polar surface area (TPSA) is 52.3 Å². The number of unbranched alkanes of at least 4 members (excludes halogenated alkanes) is 7. The Morgan fingerprint density at radius 1 is 1.15 bits per heavy atom. The third-order valence-corrected chi connectivity index (χ3v) is 4.52. The second-order valence-corrected chi connectivity index (χ2v) is 6.38. The first-order valence-electron chi connectivity index (χ1n) is 7.65. The van der Waals surface area contributed by atoms with Gasteiger partial charge in [-0.3, -0.25) is 0 Å². The summed E-state index contributed by atoms with van der Waals surface area (Å²) >= 11 is 1.51. The smallest absolute Gasteiger partial charge is 0.340 e. The summed E-state index contributed by atoms with van der Waals surface area (Å²) in [6, 6.07) is 1.88. The molecule has 0 aliphatic heterocycles. The number of rotatable bonds is 10. The first kappa shape index (κ1) is 17.0. The molecule has 0 fully saturated rings. The van der Waals surface area contributed by atoms with Gasteiger partial charge in [-0.2, -0.15) is 0 Å². The van der Waals surface area contributed by atoms with Crippen molar-refractivity contribution in [2.75, 3.05) is 12.8 Å². The maximum atomic E-state index is 11.5. The first-order chi connectivity index (χ1) is 9.69. The predicted molar refractivity (Wildman–Crippen MR) is 86.4 cm³/mol. The van der Waals surface area contributed by atoms with Gasteiger partial charge in [0.1, 0.15) is 5.00 Å². The standard InChI is InChI=1S/C16H27NO2S/c1-3-4-5-6-7-8-9-10-11-13-12-14(15(17)20-13)16(18)19-2/h12H,3-11,17H2,1-2H3. The Kier molecular flexibility index (Phi) is 8.35. The van der Waals surface area contributed by atoms with Crippen molar-refractivity contribution >= 4 is 22.3 Å². The predicted octanol–water partition coefficient (Wildman–Crippen LogP) is 4.80. The number of aryl methyl sites for hydroxylation is 1. The molecule has 0 unspecified atom stereocenters. The number of nitrogen functional groups attached to an aromatic ring is 1. The SMILES string of the molecule is CCCCCCCCCCc1cc(C(=O)OC)c(N)s1. The van der Waals surface area contributed by atoms with E-state index in [0.29, 0.717) is 10.6 Å². The largest absolute Gasteiger partial charge is 0.465 e. The number of ether oxygens (including phenoxy) is 1. The molecule has 0 aliphatic carbocycles. The van der Waals surface area contributed by atoms with Crippen molar-refractivity contribution in [3.63, 3.8) is 0 Å². The zero-order chi connectivity index (χ0) is 14.8. The summed E-state index contributed by atoms with van der Waals surface area (Å²) in [5.41, 5.74) is 6.35. The van der Waals surface area contributed by atoms with Gasteiger partial charge in [-0.25, -0.2) is 4.79 Å². The number of hydrogen-bond acceptors (Lipinski definition) is 4. The highest BCUT2D eigenvalue weighted by molar-refractivity contribution is 7.16. The lowest BCUT2D eigenvalue weighted by Crippen LogP contribution is -2.01. The van der Waals surface area contributed by atoms with E-state index < -0.39 is 0 Å². The van der Waals surface area contributed by atoms with E-state index in [0.717, 1.165) is 6.42 Å². The number of carbonyl (C=O) groups is 1. The molecule has 114 valence electrons. The monoisotopic (exact) mass is 297 g/mol. The Hall–Kier alpha value is -1.03. The summed E-state index contributed by atoms with van der Waals surface area (Å²) in [4.78, 5) is 12.6. The minimum atomic E-state index is -0.332. The average molecular weight is 297 g/mol. The molecule has 1 aromatic rings. The molecule has 0 amide bonds. The summed E-state index contributed by atoms with van der Waals surface area (Å²) in [6.07, 6.45) is 11.5. The number of hydrogen-bond donors (Lipinski definition) is 1. The van der Waals surface area contributed by atoms with Crippen LogP contribution in [0.15, 0.2) is 6.07 Å². The number of anilines is 1. The van der Waals surface area contributed by atoms with E-state index in [-0.39, 0.29) is 5.97 Å². The summed E-state index contributed by atoms with van der Waals surface area (Å²) < 4.78 is 4.71. The minimum Gasteiger partial charge on any atom is -0.465 e. The van der Waals surface area contributed by atoms with Crippen molar-refractivity contribution in [2.45, 2.75) is 64.7 Å². The summed E-state index contributed by atoms with van der Waals surface area (Å²) in [7, 11) is 1.39. The highest BCUT2D eigenvalue weighted by Crippen LogP contribution is 2.27. The number of esters is 1. The fraction of sp³-hybridized carbons (Fsp3) is 0.688. The molecule has 3 nitrogen and oxygen atoms in total. The Labute approximate surface area is 126 Å². The zero-order valence-corrected chi connectivity index (χ0v) is 13.6. The second kappa shape index (κ2) is 9.81. The number of thiophene rings is 1. The molecule has 0 atom stereocenters. The molecule has 0 bridgehead atoms. The van der Waals surface area contributed by atoms with Gasteiger partial charge in [-0.15, -0.1) is 11.3 Å². The number of methoxy groups -OCH3 is 1. The molecule has 1 heterocycles. The second-order valence-electron chi connectivity index (χ2n) is 5.21. The fourth-order valence-corrected chi connectivity index (χ4v) is 3.24. The van der Waals surface area contributed by atoms with Crippen LogP contribution in [0, 0.1) is 0 Å². The lowest BCUT2D eigenvalue weighted by Gasteiger charge is -2.00. The van der Waals surface area contributed by atoms with E-state index in [1.165, 1.54) is 74.7 Å². The van der Waals surface area contributed by atoms with Crippen molar-refractivity contribution in [1.82, 2.24) is 0 Å². The van der Waals surface area contributed by atoms with Crippen LogP contribution in [0.2, 0.25) is 0 Å². The molecular weight excluding hydrogens is 270 g/mol. The normalized spacial score (nSPS) is 10.7. The highest BCUT2D eigenvalue weighted by Gasteiger charge is 2.13. The molecule has 0 aliphatic rings. The third-order valence-electron chi connectivity index (χ3n) is 3.49. The van der Waals surface area contributed by atoms with Crippen LogP contribution in [-0.2, 0) is 11.2 Å². The Morgan fingerprint density at radius 3 is 2.35 bits per heavy atom. The van der Waals surface area contributed by atoms with Crippen molar-refractivity contribution in [2.24, 2.45) is 0 Å². The maximum absolute atomic E-state index is 11.5. The lowest BCUT2D eigenvalue weighted by atomic mass is 10.1. The fourth-order valence-electron chi connectivity index (χ4n) is 2.28. The minimum absolute atomic E-state index is 0.332. The molecule has 0 saturated heterocycles. The molecule has 1 aromatic heterocycles. The van der Waals surface area contributed by atoms with Crippen molar-refractivity contribution in [3.05, 3.63) is 16.5 Å². The van der Waals surface area contributed by atoms with E-state index in [4.69, 9.17) is 10.5 Å². The van der Waals surface area contributed by atoms with Gasteiger partial charge in [0.2, 0.25) is 0 Å². The molecule has 20 heavy (non-hydrogen) atoms. The average Bonchev–Trinajstić information content (AvgIpc) is 2.82. The van der Waals surface area contributed by atoms with Gasteiger partial charge in [-0.05, 0) is 18.9 Å². The van der Waals surface area contributed by atoms with E-state index in [9.17, 15) is 4.79 Å². The first-order valence-corrected chi connectivity index (χ1v) is 8.47. The van der Waals surface area contributed by atoms with Crippen molar-refractivity contribution in [1.29, 1.82) is 0 Å². The van der Waals surface area contributed by atoms with Crippen LogP contribution < -0.4 is 5.73 Å². The van der Waals surface area contributed by atoms with Crippen LogP contribution >= 0.6 is 11.3 Å². The maximum Gasteiger partial charge on any atom is 0.340 e. The van der Waals surface area contributed by atoms with Crippen molar-refractivity contribution in [3.8, 4) is 0 Å². The van der Waals surface area contributed by atoms with Crippen molar-refractivity contribution < 1.29 is 9.53 Å². The van der Waals surface area contributed by atoms with E-state index in [1.54, 1.807) is 0 Å². The van der Waals surface area contributed by atoms with Gasteiger partial charge >= 0.3 is 5.97 Å². The Bertz CT molecular complexity index is 401. The molecule has 2 N–H and O–H groups in total. The van der Waals surface area contributed by atoms with Gasteiger partial charge in [0, 0.05) is 4.88 Å². The van der Waals surface area contributed by atoms with Gasteiger partial charge in [0.15, 0.2) is 0 Å². The zero-order valence-electron chi connectivity index (χ0n) is 12.7. The van der Waals surface area contributed by atoms with Crippen LogP contribution in [0.25, 0.3) is 0 Å². The summed E-state index contributed by atoms with van der Waals surface area (Å²) in [6.45, 7) is 2.25. The van der Waals surface area contributed by atoms with Crippen LogP contribution in [0.1, 0.15) is 73.5 Å². The van der Waals surface area contributed by atoms with E-state index >= 15 is 0 Å². The molecule has 1 rings (SSSR count). The highest BCUT2D eigenvalue weighted by atomic mass is 32.1. The van der Waals surface area contributed by atoms with Crippen LogP contribution in [-0.4, -0.2) is 13.1 Å². The molecule has 0 saturated carbocycles. The molecule has 0 aromatic carbocycles. The van der Waals surface area contributed by atoms with Gasteiger partial charge in [0.25, 0.3) is 0 Å². The van der Waals surface area contributed by atoms with Crippen LogP contribution in [0.5, 0.6) is 0 Å². The quantitative estimate of drug-likeness (QED) is 0.498. The summed E-state index contributed by atoms with van der Waals surface area (Å²) in [5, 5.41) is 0.575. The van der Waals surface area contributed by atoms with Gasteiger partial charge in [0.05, 0.1) is 12.7 Å². The molecular formula is C16H27NO2S. The Balaban J connectivity index is 2.18. The van der Waals surface area contributed by atoms with E-state index in [2.05, 4.69) is 6.92 Å². The number of nitrogens with two attached hydrogens (primary N) is 1. The van der Waals surface area contributed by atoms with Crippen LogP contribution in [0.4, 0.5) is 5.00 Å². The molecule has 4 heteroatoms. The van der Waals surface area contributed by atoms with Crippen LogP contribution in [0.3, 0.4) is 0 Å². The Morgan fingerprint density at radius 2 is 1.75 bits per heavy atom. The van der Waals surface area contributed by atoms with Gasteiger partial charge < -0.3 is 10.5 Å². The molecule has 0 spiro atoms. The summed E-state index contributed by atoms with van der Waals surface area (Å²) in [5.74, 6) is -0.332. The number of carbonyl (C=O) groups excluding carboxylic acids is 1. The van der Waals surface area contributed by atoms with E-state index in [1.807, 2.05) is 6.07 Å². The molecule has 0 radical (unpaired) electrons.